The number of rotatable bonds is 57. The number of unbranched alkanes of at least 4 members (excludes halogenated alkanes) is 27. The van der Waals surface area contributed by atoms with Gasteiger partial charge in [0.05, 0.1) is 26.4 Å². The Bertz CT molecular complexity index is 1530. The van der Waals surface area contributed by atoms with Gasteiger partial charge in [0.25, 0.3) is 0 Å². The zero-order chi connectivity index (χ0) is 57.3. The summed E-state index contributed by atoms with van der Waals surface area (Å²) in [6.07, 6.45) is 31.5. The summed E-state index contributed by atoms with van der Waals surface area (Å²) < 4.78 is 67.3. The van der Waals surface area contributed by atoms with Gasteiger partial charge in [0.1, 0.15) is 19.3 Å². The Morgan fingerprint density at radius 1 is 0.351 bits per heavy atom. The average Bonchev–Trinajstić information content (AvgIpc) is 3.38. The first-order chi connectivity index (χ1) is 36.9. The maximum Gasteiger partial charge on any atom is 0.472 e. The van der Waals surface area contributed by atoms with E-state index >= 15 is 0 Å². The van der Waals surface area contributed by atoms with Gasteiger partial charge >= 0.3 is 39.5 Å². The lowest BCUT2D eigenvalue weighted by Crippen LogP contribution is -2.30. The van der Waals surface area contributed by atoms with E-state index in [4.69, 9.17) is 37.0 Å². The number of esters is 4. The summed E-state index contributed by atoms with van der Waals surface area (Å²) in [5.41, 5.74) is 0. The lowest BCUT2D eigenvalue weighted by molar-refractivity contribution is -0.161. The minimum absolute atomic E-state index is 0.0984. The van der Waals surface area contributed by atoms with Crippen molar-refractivity contribution in [3.8, 4) is 0 Å². The van der Waals surface area contributed by atoms with Crippen molar-refractivity contribution < 1.29 is 80.2 Å². The van der Waals surface area contributed by atoms with Gasteiger partial charge in [0, 0.05) is 25.7 Å². The smallest absolute Gasteiger partial charge is 0.462 e. The zero-order valence-corrected chi connectivity index (χ0v) is 51.0. The Morgan fingerprint density at radius 2 is 0.597 bits per heavy atom. The largest absolute Gasteiger partial charge is 0.472 e. The monoisotopic (exact) mass is 1140 g/mol. The molecule has 0 saturated heterocycles. The van der Waals surface area contributed by atoms with E-state index in [1.807, 2.05) is 0 Å². The molecule has 5 atom stereocenters. The Morgan fingerprint density at radius 3 is 0.883 bits per heavy atom. The number of carbonyl (C=O) groups is 4. The van der Waals surface area contributed by atoms with E-state index in [1.54, 1.807) is 0 Å². The highest BCUT2D eigenvalue weighted by Crippen LogP contribution is 2.45. The molecule has 77 heavy (non-hydrogen) atoms. The highest BCUT2D eigenvalue weighted by atomic mass is 31.2. The van der Waals surface area contributed by atoms with Gasteiger partial charge in [-0.15, -0.1) is 0 Å². The van der Waals surface area contributed by atoms with Crippen LogP contribution in [0.4, 0.5) is 0 Å². The van der Waals surface area contributed by atoms with Gasteiger partial charge in [-0.1, -0.05) is 228 Å². The fourth-order valence-corrected chi connectivity index (χ4v) is 10.0. The molecule has 0 rings (SSSR count). The van der Waals surface area contributed by atoms with Crippen molar-refractivity contribution in [3.05, 3.63) is 0 Å². The van der Waals surface area contributed by atoms with Crippen LogP contribution in [0.3, 0.4) is 0 Å². The van der Waals surface area contributed by atoms with Crippen molar-refractivity contribution in [3.63, 3.8) is 0 Å². The third kappa shape index (κ3) is 53.2. The van der Waals surface area contributed by atoms with E-state index in [0.29, 0.717) is 25.7 Å². The predicted molar refractivity (Wildman–Crippen MR) is 303 cm³/mol. The molecule has 0 saturated carbocycles. The van der Waals surface area contributed by atoms with Crippen molar-refractivity contribution in [2.24, 2.45) is 11.8 Å². The summed E-state index contributed by atoms with van der Waals surface area (Å²) in [6.45, 7) is 9.24. The summed E-state index contributed by atoms with van der Waals surface area (Å²) in [5, 5.41) is 10.5. The van der Waals surface area contributed by atoms with Gasteiger partial charge in [-0.3, -0.25) is 37.3 Å². The van der Waals surface area contributed by atoms with Gasteiger partial charge in [-0.05, 0) is 37.5 Å². The molecule has 0 aromatic heterocycles. The maximum atomic E-state index is 12.9. The molecule has 0 aromatic rings. The van der Waals surface area contributed by atoms with Crippen molar-refractivity contribution in [2.75, 3.05) is 39.6 Å². The molecule has 0 aliphatic rings. The van der Waals surface area contributed by atoms with Crippen LogP contribution in [-0.4, -0.2) is 96.7 Å². The van der Waals surface area contributed by atoms with E-state index in [9.17, 15) is 43.2 Å². The third-order valence-corrected chi connectivity index (χ3v) is 15.1. The summed E-state index contributed by atoms with van der Waals surface area (Å²) in [7, 11) is -9.86. The van der Waals surface area contributed by atoms with Crippen LogP contribution in [0.5, 0.6) is 0 Å². The molecular weight excluding hydrogens is 1030 g/mol. The molecule has 0 aliphatic heterocycles. The molecule has 2 unspecified atom stereocenters. The number of hydrogen-bond acceptors (Lipinski definition) is 15. The second-order valence-electron chi connectivity index (χ2n) is 22.0. The number of phosphoric ester groups is 2. The van der Waals surface area contributed by atoms with E-state index in [1.165, 1.54) is 89.9 Å². The molecule has 0 heterocycles. The number of aliphatic hydroxyl groups excluding tert-OH is 1. The second kappa shape index (κ2) is 51.0. The SMILES string of the molecule is CCCCCCCC(=O)OC[C@H](COP(=O)(O)OC[C@H](O)COP(=O)(O)OC[C@@H](COC(=O)CCCCCCCCCCC(C)C)OC(=O)CCCCCCCCCCCCCCCC(C)C)OC(=O)CCCCCCC. The fourth-order valence-electron chi connectivity index (χ4n) is 8.47. The van der Waals surface area contributed by atoms with Crippen LogP contribution in [0.25, 0.3) is 0 Å². The van der Waals surface area contributed by atoms with Crippen LogP contribution in [0.15, 0.2) is 0 Å². The van der Waals surface area contributed by atoms with Crippen molar-refractivity contribution >= 4 is 39.5 Å². The Labute approximate surface area is 467 Å². The number of phosphoric acid groups is 2. The summed E-state index contributed by atoms with van der Waals surface area (Å²) in [4.78, 5) is 71.4. The summed E-state index contributed by atoms with van der Waals surface area (Å²) >= 11 is 0. The highest BCUT2D eigenvalue weighted by Gasteiger charge is 2.30. The molecule has 0 amide bonds. The highest BCUT2D eigenvalue weighted by molar-refractivity contribution is 7.47. The summed E-state index contributed by atoms with van der Waals surface area (Å²) in [6, 6.07) is 0. The number of carbonyl (C=O) groups excluding carboxylic acids is 4. The van der Waals surface area contributed by atoms with Crippen LogP contribution in [0.1, 0.15) is 279 Å². The minimum Gasteiger partial charge on any atom is -0.462 e. The quantitative estimate of drug-likeness (QED) is 0.0222. The third-order valence-electron chi connectivity index (χ3n) is 13.2. The Hall–Kier alpha value is -1.94. The number of aliphatic hydroxyl groups is 1. The van der Waals surface area contributed by atoms with E-state index in [-0.39, 0.29) is 25.7 Å². The molecule has 19 heteroatoms. The molecule has 3 N–H and O–H groups in total. The van der Waals surface area contributed by atoms with Gasteiger partial charge < -0.3 is 33.8 Å². The molecule has 0 radical (unpaired) electrons. The van der Waals surface area contributed by atoms with Crippen LogP contribution >= 0.6 is 15.6 Å². The predicted octanol–water partition coefficient (Wildman–Crippen LogP) is 15.3. The molecule has 0 bridgehead atoms. The molecule has 456 valence electrons. The van der Waals surface area contributed by atoms with Crippen molar-refractivity contribution in [1.82, 2.24) is 0 Å². The van der Waals surface area contributed by atoms with Gasteiger partial charge in [-0.2, -0.15) is 0 Å². The first-order valence-electron chi connectivity index (χ1n) is 30.5. The Balaban J connectivity index is 5.12. The maximum absolute atomic E-state index is 12.9. The van der Waals surface area contributed by atoms with Crippen LogP contribution < -0.4 is 0 Å². The van der Waals surface area contributed by atoms with Crippen LogP contribution in [-0.2, 0) is 65.4 Å². The normalized spacial score (nSPS) is 14.5. The average molecular weight is 1140 g/mol. The number of hydrogen-bond donors (Lipinski definition) is 3. The minimum atomic E-state index is -4.94. The van der Waals surface area contributed by atoms with E-state index in [2.05, 4.69) is 41.5 Å². The first kappa shape index (κ1) is 75.1. The Kier molecular flexibility index (Phi) is 49.7. The van der Waals surface area contributed by atoms with Gasteiger partial charge in [-0.25, -0.2) is 9.13 Å². The topological polar surface area (TPSA) is 237 Å². The standard InChI is InChI=1S/C58H112O17P2/c1-7-9-11-26-34-40-55(60)68-46-53(74-57(62)42-36-27-12-10-8-2)48-72-76(64,65)70-44-52(59)45-71-77(66,67)73-49-54(47-69-56(61)41-35-30-24-21-20-23-29-33-39-51(5)6)75-58(63)43-37-31-25-19-17-15-13-14-16-18-22-28-32-38-50(3)4/h50-54,59H,7-49H2,1-6H3,(H,64,65)(H,66,67)/t52-,53+,54+/m0/s1. The molecule has 0 fully saturated rings. The number of ether oxygens (including phenoxy) is 4. The van der Waals surface area contributed by atoms with E-state index < -0.39 is 97.5 Å². The lowest BCUT2D eigenvalue weighted by Gasteiger charge is -2.21. The van der Waals surface area contributed by atoms with Crippen molar-refractivity contribution in [2.45, 2.75) is 297 Å². The van der Waals surface area contributed by atoms with E-state index in [0.717, 1.165) is 108 Å². The second-order valence-corrected chi connectivity index (χ2v) is 24.9. The molecular formula is C58H112O17P2. The molecule has 0 spiro atoms. The lowest BCUT2D eigenvalue weighted by atomic mass is 10.0. The molecule has 17 nitrogen and oxygen atoms in total. The van der Waals surface area contributed by atoms with Crippen LogP contribution in [0, 0.1) is 11.8 Å². The van der Waals surface area contributed by atoms with Gasteiger partial charge in [0.2, 0.25) is 0 Å². The molecule has 0 aliphatic carbocycles. The van der Waals surface area contributed by atoms with Crippen molar-refractivity contribution in [1.29, 1.82) is 0 Å². The van der Waals surface area contributed by atoms with Crippen LogP contribution in [0.2, 0.25) is 0 Å². The first-order valence-corrected chi connectivity index (χ1v) is 33.5. The molecule has 0 aromatic carbocycles. The fraction of sp³-hybridized carbons (Fsp3) is 0.931. The zero-order valence-electron chi connectivity index (χ0n) is 49.2. The summed E-state index contributed by atoms with van der Waals surface area (Å²) in [5.74, 6) is -0.652. The van der Waals surface area contributed by atoms with Gasteiger partial charge in [0.15, 0.2) is 12.2 Å².